The normalized spacial score (nSPS) is 10.6. The fourth-order valence-corrected chi connectivity index (χ4v) is 1.88. The van der Waals surface area contributed by atoms with Crippen LogP contribution in [0.3, 0.4) is 0 Å². The predicted octanol–water partition coefficient (Wildman–Crippen LogP) is 4.13. The van der Waals surface area contributed by atoms with Crippen molar-refractivity contribution in [3.63, 3.8) is 0 Å². The summed E-state index contributed by atoms with van der Waals surface area (Å²) >= 11 is 5.83. The highest BCUT2D eigenvalue weighted by Gasteiger charge is 2.05. The second-order valence-electron chi connectivity index (χ2n) is 4.27. The van der Waals surface area contributed by atoms with Crippen molar-refractivity contribution in [2.24, 2.45) is 0 Å². The second-order valence-corrected chi connectivity index (χ2v) is 4.54. The van der Waals surface area contributed by atoms with Gasteiger partial charge in [-0.3, -0.25) is 4.68 Å². The van der Waals surface area contributed by atoms with E-state index in [0.717, 1.165) is 35.6 Å². The molecule has 0 spiro atoms. The number of benzene rings is 1. The Morgan fingerprint density at radius 3 is 2.94 bits per heavy atom. The molecule has 0 fully saturated rings. The number of alkyl halides is 1. The third-order valence-corrected chi connectivity index (χ3v) is 3.01. The lowest BCUT2D eigenvalue weighted by Gasteiger charge is -2.07. The third-order valence-electron chi connectivity index (χ3n) is 2.70. The summed E-state index contributed by atoms with van der Waals surface area (Å²) in [7, 11) is 0. The largest absolute Gasteiger partial charge is 0.454 e. The van der Waals surface area contributed by atoms with Gasteiger partial charge in [0.25, 0.3) is 0 Å². The first-order valence-corrected chi connectivity index (χ1v) is 6.62. The van der Waals surface area contributed by atoms with E-state index in [2.05, 4.69) is 12.0 Å². The molecule has 2 aromatic rings. The minimum Gasteiger partial charge on any atom is -0.454 e. The van der Waals surface area contributed by atoms with E-state index < -0.39 is 0 Å². The summed E-state index contributed by atoms with van der Waals surface area (Å²) in [6.07, 6.45) is 4.71. The zero-order valence-corrected chi connectivity index (χ0v) is 11.4. The van der Waals surface area contributed by atoms with Crippen molar-refractivity contribution < 1.29 is 4.74 Å². The maximum Gasteiger partial charge on any atom is 0.165 e. The maximum absolute atomic E-state index is 5.84. The Labute approximate surface area is 112 Å². The Morgan fingerprint density at radius 2 is 2.22 bits per heavy atom. The molecule has 3 nitrogen and oxygen atoms in total. The van der Waals surface area contributed by atoms with Crippen molar-refractivity contribution in [2.45, 2.75) is 32.7 Å². The predicted molar refractivity (Wildman–Crippen MR) is 73.3 cm³/mol. The molecule has 0 aliphatic heterocycles. The lowest BCUT2D eigenvalue weighted by molar-refractivity contribution is 0.476. The van der Waals surface area contributed by atoms with Gasteiger partial charge in [0, 0.05) is 12.4 Å². The Balaban J connectivity index is 2.16. The van der Waals surface area contributed by atoms with Crippen molar-refractivity contribution in [1.82, 2.24) is 9.78 Å². The van der Waals surface area contributed by atoms with Crippen LogP contribution < -0.4 is 4.74 Å². The Bertz CT molecular complexity index is 522. The molecule has 0 N–H and O–H groups in total. The first kappa shape index (κ1) is 13.0. The molecule has 96 valence electrons. The average molecular weight is 265 g/mol. The summed E-state index contributed by atoms with van der Waals surface area (Å²) in [6, 6.07) is 6.00. The molecule has 0 unspecified atom stereocenters. The quantitative estimate of drug-likeness (QED) is 0.759. The number of halogens is 1. The molecule has 0 saturated heterocycles. The Kier molecular flexibility index (Phi) is 4.26. The molecule has 0 radical (unpaired) electrons. The number of aromatic nitrogens is 2. The monoisotopic (exact) mass is 264 g/mol. The van der Waals surface area contributed by atoms with Gasteiger partial charge >= 0.3 is 0 Å². The molecule has 1 aromatic carbocycles. The highest BCUT2D eigenvalue weighted by molar-refractivity contribution is 6.17. The molecule has 1 heterocycles. The van der Waals surface area contributed by atoms with Gasteiger partial charge in [-0.05, 0) is 30.5 Å². The van der Waals surface area contributed by atoms with Gasteiger partial charge in [0.1, 0.15) is 5.75 Å². The fourth-order valence-electron chi connectivity index (χ4n) is 1.71. The molecule has 0 saturated carbocycles. The van der Waals surface area contributed by atoms with E-state index in [1.165, 1.54) is 0 Å². The second kappa shape index (κ2) is 5.91. The Morgan fingerprint density at radius 1 is 1.39 bits per heavy atom. The smallest absolute Gasteiger partial charge is 0.165 e. The number of ether oxygens (including phenoxy) is 1. The molecule has 18 heavy (non-hydrogen) atoms. The number of nitrogens with zero attached hydrogens (tertiary/aromatic N) is 2. The highest BCUT2D eigenvalue weighted by atomic mass is 35.5. The molecule has 0 amide bonds. The maximum atomic E-state index is 5.84. The number of aryl methyl sites for hydroxylation is 2. The van der Waals surface area contributed by atoms with Crippen LogP contribution >= 0.6 is 11.6 Å². The zero-order valence-electron chi connectivity index (χ0n) is 10.7. The molecular weight excluding hydrogens is 248 g/mol. The van der Waals surface area contributed by atoms with Crippen molar-refractivity contribution in [3.8, 4) is 11.5 Å². The molecule has 0 aliphatic carbocycles. The highest BCUT2D eigenvalue weighted by Crippen LogP contribution is 2.26. The Hall–Kier alpha value is -1.48. The van der Waals surface area contributed by atoms with Gasteiger partial charge in [-0.25, -0.2) is 0 Å². The van der Waals surface area contributed by atoms with Crippen LogP contribution in [-0.2, 0) is 12.4 Å². The van der Waals surface area contributed by atoms with Gasteiger partial charge in [0.15, 0.2) is 5.75 Å². The van der Waals surface area contributed by atoms with Crippen LogP contribution in [0.25, 0.3) is 0 Å². The van der Waals surface area contributed by atoms with E-state index >= 15 is 0 Å². The van der Waals surface area contributed by atoms with Crippen LogP contribution in [0.4, 0.5) is 0 Å². The van der Waals surface area contributed by atoms with E-state index in [0.29, 0.717) is 5.88 Å². The fraction of sp³-hybridized carbons (Fsp3) is 0.357. The summed E-state index contributed by atoms with van der Waals surface area (Å²) in [5.74, 6) is 2.09. The molecule has 0 atom stereocenters. The van der Waals surface area contributed by atoms with Crippen LogP contribution in [0, 0.1) is 6.92 Å². The molecule has 1 aromatic heterocycles. The van der Waals surface area contributed by atoms with E-state index in [1.54, 1.807) is 6.20 Å². The summed E-state index contributed by atoms with van der Waals surface area (Å²) in [5.41, 5.74) is 2.14. The van der Waals surface area contributed by atoms with Crippen molar-refractivity contribution >= 4 is 11.6 Å². The SMILES string of the molecule is CCCn1cc(Oc2cc(CCl)ccc2C)cn1. The lowest BCUT2D eigenvalue weighted by atomic mass is 10.1. The summed E-state index contributed by atoms with van der Waals surface area (Å²) in [5, 5.41) is 4.24. The van der Waals surface area contributed by atoms with Gasteiger partial charge in [-0.2, -0.15) is 5.10 Å². The van der Waals surface area contributed by atoms with Crippen LogP contribution in [0.15, 0.2) is 30.6 Å². The first-order valence-electron chi connectivity index (χ1n) is 6.08. The van der Waals surface area contributed by atoms with E-state index in [-0.39, 0.29) is 0 Å². The van der Waals surface area contributed by atoms with Gasteiger partial charge < -0.3 is 4.74 Å². The van der Waals surface area contributed by atoms with Gasteiger partial charge in [0.2, 0.25) is 0 Å². The molecule has 0 bridgehead atoms. The molecule has 2 rings (SSSR count). The first-order chi connectivity index (χ1) is 8.72. The van der Waals surface area contributed by atoms with E-state index in [1.807, 2.05) is 36.0 Å². The number of rotatable bonds is 5. The third kappa shape index (κ3) is 3.05. The average Bonchev–Trinajstić information content (AvgIpc) is 2.80. The topological polar surface area (TPSA) is 27.1 Å². The van der Waals surface area contributed by atoms with Crippen molar-refractivity contribution in [2.75, 3.05) is 0 Å². The number of hydrogen-bond donors (Lipinski definition) is 0. The molecular formula is C14H17ClN2O. The minimum absolute atomic E-state index is 0.492. The van der Waals surface area contributed by atoms with Crippen molar-refractivity contribution in [3.05, 3.63) is 41.7 Å². The molecule has 4 heteroatoms. The van der Waals surface area contributed by atoms with Gasteiger partial charge in [-0.1, -0.05) is 19.1 Å². The van der Waals surface area contributed by atoms with E-state index in [4.69, 9.17) is 16.3 Å². The molecule has 0 aliphatic rings. The van der Waals surface area contributed by atoms with Crippen LogP contribution in [0.5, 0.6) is 11.5 Å². The van der Waals surface area contributed by atoms with Crippen LogP contribution in [0.1, 0.15) is 24.5 Å². The summed E-state index contributed by atoms with van der Waals surface area (Å²) in [6.45, 7) is 5.05. The summed E-state index contributed by atoms with van der Waals surface area (Å²) in [4.78, 5) is 0. The lowest BCUT2D eigenvalue weighted by Crippen LogP contribution is -1.95. The van der Waals surface area contributed by atoms with Crippen LogP contribution in [0.2, 0.25) is 0 Å². The van der Waals surface area contributed by atoms with Gasteiger partial charge in [-0.15, -0.1) is 11.6 Å². The summed E-state index contributed by atoms with van der Waals surface area (Å²) < 4.78 is 7.72. The van der Waals surface area contributed by atoms with Crippen LogP contribution in [-0.4, -0.2) is 9.78 Å². The van der Waals surface area contributed by atoms with Crippen molar-refractivity contribution in [1.29, 1.82) is 0 Å². The van der Waals surface area contributed by atoms with E-state index in [9.17, 15) is 0 Å². The number of hydrogen-bond acceptors (Lipinski definition) is 2. The minimum atomic E-state index is 0.492. The zero-order chi connectivity index (χ0) is 13.0. The van der Waals surface area contributed by atoms with Gasteiger partial charge in [0.05, 0.1) is 12.4 Å². The standard InChI is InChI=1S/C14H17ClN2O/c1-3-6-17-10-13(9-16-17)18-14-7-12(8-15)5-4-11(14)2/h4-5,7,9-10H,3,6,8H2,1-2H3.